The molecule has 1 N–H and O–H groups in total. The average molecular weight is 271 g/mol. The van der Waals surface area contributed by atoms with E-state index in [-0.39, 0.29) is 5.91 Å². The number of benzene rings is 1. The number of carbonyl (C=O) groups is 1. The minimum atomic E-state index is 0.0663. The van der Waals surface area contributed by atoms with Gasteiger partial charge in [0.05, 0.1) is 5.69 Å². The lowest BCUT2D eigenvalue weighted by atomic mass is 10.1. The van der Waals surface area contributed by atoms with E-state index in [2.05, 4.69) is 10.3 Å². The molecule has 0 aliphatic carbocycles. The zero-order valence-corrected chi connectivity index (χ0v) is 11.4. The van der Waals surface area contributed by atoms with Crippen LogP contribution in [-0.2, 0) is 0 Å². The van der Waals surface area contributed by atoms with Crippen LogP contribution in [0.15, 0.2) is 34.9 Å². The van der Waals surface area contributed by atoms with E-state index >= 15 is 0 Å². The molecule has 0 spiro atoms. The fourth-order valence-electron chi connectivity index (χ4n) is 2.32. The number of piperazine rings is 1. The summed E-state index contributed by atoms with van der Waals surface area (Å²) in [6.45, 7) is 5.08. The van der Waals surface area contributed by atoms with Crippen molar-refractivity contribution < 1.29 is 9.21 Å². The molecule has 104 valence electrons. The molecule has 2 heterocycles. The Labute approximate surface area is 117 Å². The summed E-state index contributed by atoms with van der Waals surface area (Å²) in [6.07, 6.45) is 1.61. The molecule has 5 heteroatoms. The second-order valence-electron chi connectivity index (χ2n) is 4.92. The molecule has 1 aliphatic heterocycles. The molecule has 1 aromatic carbocycles. The molecule has 0 saturated carbocycles. The number of carbonyl (C=O) groups excluding carboxylic acids is 1. The first-order valence-corrected chi connectivity index (χ1v) is 6.76. The second kappa shape index (κ2) is 5.46. The number of hydrogen-bond acceptors (Lipinski definition) is 4. The van der Waals surface area contributed by atoms with Crippen LogP contribution < -0.4 is 5.32 Å². The Morgan fingerprint density at radius 3 is 2.85 bits per heavy atom. The van der Waals surface area contributed by atoms with Gasteiger partial charge in [0.2, 0.25) is 5.89 Å². The van der Waals surface area contributed by atoms with E-state index < -0.39 is 0 Å². The van der Waals surface area contributed by atoms with Crippen molar-refractivity contribution in [1.29, 1.82) is 0 Å². The Hall–Kier alpha value is -2.14. The minimum absolute atomic E-state index is 0.0663. The summed E-state index contributed by atoms with van der Waals surface area (Å²) in [5.74, 6) is 0.620. The first kappa shape index (κ1) is 12.9. The van der Waals surface area contributed by atoms with Gasteiger partial charge in [-0.3, -0.25) is 4.79 Å². The van der Waals surface area contributed by atoms with E-state index in [0.717, 1.165) is 37.4 Å². The van der Waals surface area contributed by atoms with E-state index in [1.54, 1.807) is 6.26 Å². The topological polar surface area (TPSA) is 58.4 Å². The third-order valence-electron chi connectivity index (χ3n) is 3.38. The van der Waals surface area contributed by atoms with Gasteiger partial charge in [-0.1, -0.05) is 6.07 Å². The Bertz CT molecular complexity index is 615. The largest absolute Gasteiger partial charge is 0.444 e. The summed E-state index contributed by atoms with van der Waals surface area (Å²) in [6, 6.07) is 7.45. The van der Waals surface area contributed by atoms with Crippen LogP contribution in [-0.4, -0.2) is 42.0 Å². The van der Waals surface area contributed by atoms with Crippen LogP contribution in [0.2, 0.25) is 0 Å². The predicted octanol–water partition coefficient (Wildman–Crippen LogP) is 1.70. The minimum Gasteiger partial charge on any atom is -0.444 e. The van der Waals surface area contributed by atoms with Gasteiger partial charge in [0, 0.05) is 37.3 Å². The molecular weight excluding hydrogens is 254 g/mol. The molecular formula is C15H17N3O2. The molecule has 1 aliphatic rings. The van der Waals surface area contributed by atoms with Crippen LogP contribution in [0.5, 0.6) is 0 Å². The maximum absolute atomic E-state index is 12.4. The molecule has 20 heavy (non-hydrogen) atoms. The number of aromatic nitrogens is 1. The van der Waals surface area contributed by atoms with Gasteiger partial charge in [0.1, 0.15) is 6.26 Å². The molecule has 1 saturated heterocycles. The van der Waals surface area contributed by atoms with Crippen LogP contribution in [0.3, 0.4) is 0 Å². The highest BCUT2D eigenvalue weighted by Gasteiger charge is 2.18. The maximum Gasteiger partial charge on any atom is 0.253 e. The van der Waals surface area contributed by atoms with E-state index in [1.165, 1.54) is 0 Å². The molecule has 5 nitrogen and oxygen atoms in total. The quantitative estimate of drug-likeness (QED) is 0.903. The van der Waals surface area contributed by atoms with Gasteiger partial charge in [0.25, 0.3) is 5.91 Å². The summed E-state index contributed by atoms with van der Waals surface area (Å²) >= 11 is 0. The molecule has 1 amide bonds. The van der Waals surface area contributed by atoms with Gasteiger partial charge in [-0.2, -0.15) is 0 Å². The standard InChI is InChI=1S/C15H17N3O2/c1-11-10-20-14(17-11)12-3-2-4-13(9-12)15(19)18-7-5-16-6-8-18/h2-4,9-10,16H,5-8H2,1H3. The molecule has 0 radical (unpaired) electrons. The predicted molar refractivity (Wildman–Crippen MR) is 75.4 cm³/mol. The van der Waals surface area contributed by atoms with Crippen molar-refractivity contribution in [3.8, 4) is 11.5 Å². The zero-order valence-electron chi connectivity index (χ0n) is 11.4. The molecule has 0 atom stereocenters. The molecule has 0 bridgehead atoms. The van der Waals surface area contributed by atoms with Gasteiger partial charge in [-0.25, -0.2) is 4.98 Å². The van der Waals surface area contributed by atoms with Crippen LogP contribution in [0.1, 0.15) is 16.1 Å². The summed E-state index contributed by atoms with van der Waals surface area (Å²) in [7, 11) is 0. The molecule has 0 unspecified atom stereocenters. The lowest BCUT2D eigenvalue weighted by molar-refractivity contribution is 0.0736. The van der Waals surface area contributed by atoms with Gasteiger partial charge >= 0.3 is 0 Å². The van der Waals surface area contributed by atoms with Gasteiger partial charge < -0.3 is 14.6 Å². The third kappa shape index (κ3) is 2.58. The van der Waals surface area contributed by atoms with Crippen molar-refractivity contribution in [3.05, 3.63) is 41.8 Å². The molecule has 3 rings (SSSR count). The van der Waals surface area contributed by atoms with Crippen LogP contribution in [0, 0.1) is 6.92 Å². The van der Waals surface area contributed by atoms with E-state index in [9.17, 15) is 4.79 Å². The van der Waals surface area contributed by atoms with Crippen molar-refractivity contribution in [2.75, 3.05) is 26.2 Å². The Balaban J connectivity index is 1.85. The van der Waals surface area contributed by atoms with Gasteiger partial charge in [-0.15, -0.1) is 0 Å². The fourth-order valence-corrected chi connectivity index (χ4v) is 2.32. The van der Waals surface area contributed by atoms with Crippen molar-refractivity contribution in [3.63, 3.8) is 0 Å². The number of aryl methyl sites for hydroxylation is 1. The highest BCUT2D eigenvalue weighted by atomic mass is 16.3. The highest BCUT2D eigenvalue weighted by molar-refractivity contribution is 5.95. The number of amides is 1. The highest BCUT2D eigenvalue weighted by Crippen LogP contribution is 2.20. The molecule has 1 fully saturated rings. The molecule has 2 aromatic rings. The Morgan fingerprint density at radius 2 is 2.15 bits per heavy atom. The smallest absolute Gasteiger partial charge is 0.253 e. The summed E-state index contributed by atoms with van der Waals surface area (Å²) in [5.41, 5.74) is 2.35. The number of rotatable bonds is 2. The summed E-state index contributed by atoms with van der Waals surface area (Å²) in [5, 5.41) is 3.24. The Kier molecular flexibility index (Phi) is 3.52. The zero-order chi connectivity index (χ0) is 13.9. The van der Waals surface area contributed by atoms with E-state index in [0.29, 0.717) is 11.5 Å². The Morgan fingerprint density at radius 1 is 1.35 bits per heavy atom. The van der Waals surface area contributed by atoms with E-state index in [1.807, 2.05) is 36.1 Å². The molecule has 1 aromatic heterocycles. The lowest BCUT2D eigenvalue weighted by Gasteiger charge is -2.27. The summed E-state index contributed by atoms with van der Waals surface area (Å²) in [4.78, 5) is 18.6. The third-order valence-corrected chi connectivity index (χ3v) is 3.38. The SMILES string of the molecule is Cc1coc(-c2cccc(C(=O)N3CCNCC3)c2)n1. The number of nitrogens with one attached hydrogen (secondary N) is 1. The van der Waals surface area contributed by atoms with Crippen molar-refractivity contribution >= 4 is 5.91 Å². The van der Waals surface area contributed by atoms with Gasteiger partial charge in [-0.05, 0) is 25.1 Å². The fraction of sp³-hybridized carbons (Fsp3) is 0.333. The lowest BCUT2D eigenvalue weighted by Crippen LogP contribution is -2.46. The number of hydrogen-bond donors (Lipinski definition) is 1. The van der Waals surface area contributed by atoms with E-state index in [4.69, 9.17) is 4.42 Å². The normalized spacial score (nSPS) is 15.3. The first-order valence-electron chi connectivity index (χ1n) is 6.76. The monoisotopic (exact) mass is 271 g/mol. The van der Waals surface area contributed by atoms with Crippen LogP contribution >= 0.6 is 0 Å². The van der Waals surface area contributed by atoms with Crippen molar-refractivity contribution in [1.82, 2.24) is 15.2 Å². The van der Waals surface area contributed by atoms with Crippen molar-refractivity contribution in [2.24, 2.45) is 0 Å². The maximum atomic E-state index is 12.4. The summed E-state index contributed by atoms with van der Waals surface area (Å²) < 4.78 is 5.38. The number of nitrogens with zero attached hydrogens (tertiary/aromatic N) is 2. The van der Waals surface area contributed by atoms with Crippen LogP contribution in [0.4, 0.5) is 0 Å². The average Bonchev–Trinajstić information content (AvgIpc) is 2.94. The number of oxazole rings is 1. The van der Waals surface area contributed by atoms with Gasteiger partial charge in [0.15, 0.2) is 0 Å². The van der Waals surface area contributed by atoms with Crippen molar-refractivity contribution in [2.45, 2.75) is 6.92 Å². The first-order chi connectivity index (χ1) is 9.74. The second-order valence-corrected chi connectivity index (χ2v) is 4.92. The van der Waals surface area contributed by atoms with Crippen LogP contribution in [0.25, 0.3) is 11.5 Å².